The first-order valence-corrected chi connectivity index (χ1v) is 5.42. The normalized spacial score (nSPS) is 13.2. The predicted octanol–water partition coefficient (Wildman–Crippen LogP) is 1.75. The first kappa shape index (κ1) is 14.5. The number of rotatable bonds is 4. The maximum absolute atomic E-state index is 12.2. The molecule has 0 aliphatic rings. The molecule has 1 aromatic carbocycles. The molecule has 2 N–H and O–H groups in total. The number of likely N-dealkylation sites (N-methyl/N-ethyl adjacent to an activating group) is 1. The Morgan fingerprint density at radius 2 is 1.89 bits per heavy atom. The number of amides is 1. The van der Waals surface area contributed by atoms with Gasteiger partial charge in [-0.25, -0.2) is 0 Å². The van der Waals surface area contributed by atoms with Crippen LogP contribution in [0.25, 0.3) is 0 Å². The van der Waals surface area contributed by atoms with E-state index in [-0.39, 0.29) is 6.54 Å². The van der Waals surface area contributed by atoms with Crippen molar-refractivity contribution in [2.24, 2.45) is 5.73 Å². The molecule has 100 valence electrons. The predicted molar refractivity (Wildman–Crippen MR) is 61.9 cm³/mol. The van der Waals surface area contributed by atoms with Crippen LogP contribution in [0, 0.1) is 0 Å². The molecule has 0 aliphatic carbocycles. The number of hydrogen-bond acceptors (Lipinski definition) is 2. The Bertz CT molecular complexity index is 392. The molecule has 0 spiro atoms. The second-order valence-corrected chi connectivity index (χ2v) is 4.01. The maximum atomic E-state index is 12.2. The lowest BCUT2D eigenvalue weighted by Gasteiger charge is -2.24. The molecule has 0 aliphatic heterocycles. The molecule has 1 amide bonds. The number of carbonyl (C=O) groups excluding carboxylic acids is 1. The van der Waals surface area contributed by atoms with Crippen LogP contribution < -0.4 is 5.73 Å². The van der Waals surface area contributed by atoms with Gasteiger partial charge >= 0.3 is 6.18 Å². The van der Waals surface area contributed by atoms with Crippen molar-refractivity contribution in [3.05, 3.63) is 35.9 Å². The van der Waals surface area contributed by atoms with Crippen LogP contribution in [0.2, 0.25) is 0 Å². The zero-order valence-electron chi connectivity index (χ0n) is 9.95. The molecule has 3 nitrogen and oxygen atoms in total. The summed E-state index contributed by atoms with van der Waals surface area (Å²) in [6, 6.07) is 8.55. The third-order valence-electron chi connectivity index (χ3n) is 2.53. The molecule has 1 atom stereocenters. The molecule has 1 rings (SSSR count). The molecule has 0 fully saturated rings. The van der Waals surface area contributed by atoms with E-state index in [0.717, 1.165) is 7.05 Å². The van der Waals surface area contributed by atoms with Crippen LogP contribution in [-0.4, -0.2) is 37.1 Å². The lowest BCUT2D eigenvalue weighted by molar-refractivity contribution is -0.159. The molecular formula is C12H15F3N2O. The zero-order valence-corrected chi connectivity index (χ0v) is 9.95. The van der Waals surface area contributed by atoms with Crippen molar-refractivity contribution in [2.45, 2.75) is 12.1 Å². The van der Waals surface area contributed by atoms with E-state index >= 15 is 0 Å². The smallest absolute Gasteiger partial charge is 0.336 e. The van der Waals surface area contributed by atoms with Gasteiger partial charge in [-0.1, -0.05) is 30.3 Å². The van der Waals surface area contributed by atoms with E-state index in [2.05, 4.69) is 0 Å². The van der Waals surface area contributed by atoms with Crippen molar-refractivity contribution in [1.29, 1.82) is 0 Å². The molecule has 0 saturated heterocycles. The summed E-state index contributed by atoms with van der Waals surface area (Å²) in [4.78, 5) is 12.6. The van der Waals surface area contributed by atoms with Crippen molar-refractivity contribution in [3.63, 3.8) is 0 Å². The van der Waals surface area contributed by atoms with E-state index in [4.69, 9.17) is 5.73 Å². The topological polar surface area (TPSA) is 46.3 Å². The highest BCUT2D eigenvalue weighted by Crippen LogP contribution is 2.20. The minimum atomic E-state index is -4.40. The van der Waals surface area contributed by atoms with Crippen molar-refractivity contribution in [1.82, 2.24) is 4.90 Å². The average Bonchev–Trinajstić information content (AvgIpc) is 2.29. The van der Waals surface area contributed by atoms with Gasteiger partial charge in [0.15, 0.2) is 0 Å². The van der Waals surface area contributed by atoms with Crippen LogP contribution in [0.1, 0.15) is 11.5 Å². The molecule has 1 unspecified atom stereocenters. The Balaban J connectivity index is 2.80. The van der Waals surface area contributed by atoms with Gasteiger partial charge in [-0.15, -0.1) is 0 Å². The summed E-state index contributed by atoms with van der Waals surface area (Å²) in [7, 11) is 1.13. The summed E-state index contributed by atoms with van der Waals surface area (Å²) in [5.41, 5.74) is 6.10. The molecule has 18 heavy (non-hydrogen) atoms. The third-order valence-corrected chi connectivity index (χ3v) is 2.53. The van der Waals surface area contributed by atoms with Gasteiger partial charge in [0.25, 0.3) is 0 Å². The molecule has 0 radical (unpaired) electrons. The number of halogens is 3. The summed E-state index contributed by atoms with van der Waals surface area (Å²) in [5.74, 6) is -1.36. The standard InChI is InChI=1S/C12H15F3N2O/c1-17(8-12(13,14)15)11(18)10(7-16)9-5-3-2-4-6-9/h2-6,10H,7-8,16H2,1H3. The number of nitrogens with zero attached hydrogens (tertiary/aromatic N) is 1. The summed E-state index contributed by atoms with van der Waals surface area (Å²) in [6.45, 7) is -1.29. The van der Waals surface area contributed by atoms with Crippen LogP contribution >= 0.6 is 0 Å². The minimum Gasteiger partial charge on any atom is -0.336 e. The van der Waals surface area contributed by atoms with Gasteiger partial charge in [-0.2, -0.15) is 13.2 Å². The Morgan fingerprint density at radius 3 is 2.33 bits per heavy atom. The van der Waals surface area contributed by atoms with E-state index in [0.29, 0.717) is 10.5 Å². The minimum absolute atomic E-state index is 0.0228. The highest BCUT2D eigenvalue weighted by Gasteiger charge is 2.33. The fourth-order valence-corrected chi connectivity index (χ4v) is 1.68. The van der Waals surface area contributed by atoms with Crippen LogP contribution in [0.4, 0.5) is 13.2 Å². The van der Waals surface area contributed by atoms with Crippen LogP contribution in [0.3, 0.4) is 0 Å². The van der Waals surface area contributed by atoms with Crippen molar-refractivity contribution >= 4 is 5.91 Å². The highest BCUT2D eigenvalue weighted by molar-refractivity contribution is 5.83. The SMILES string of the molecule is CN(CC(F)(F)F)C(=O)C(CN)c1ccccc1. The molecular weight excluding hydrogens is 245 g/mol. The van der Waals surface area contributed by atoms with Gasteiger partial charge in [0.05, 0.1) is 5.92 Å². The lowest BCUT2D eigenvalue weighted by Crippen LogP contribution is -2.40. The van der Waals surface area contributed by atoms with Crippen molar-refractivity contribution in [2.75, 3.05) is 20.1 Å². The first-order chi connectivity index (χ1) is 8.35. The van der Waals surface area contributed by atoms with Crippen LogP contribution in [0.5, 0.6) is 0 Å². The van der Waals surface area contributed by atoms with E-state index in [1.54, 1.807) is 30.3 Å². The number of hydrogen-bond donors (Lipinski definition) is 1. The monoisotopic (exact) mass is 260 g/mol. The zero-order chi connectivity index (χ0) is 13.8. The molecule has 1 aromatic rings. The van der Waals surface area contributed by atoms with Gasteiger partial charge in [-0.05, 0) is 5.56 Å². The summed E-state index contributed by atoms with van der Waals surface area (Å²) < 4.78 is 36.6. The van der Waals surface area contributed by atoms with Gasteiger partial charge in [0.2, 0.25) is 5.91 Å². The number of benzene rings is 1. The maximum Gasteiger partial charge on any atom is 0.406 e. The van der Waals surface area contributed by atoms with Crippen molar-refractivity contribution < 1.29 is 18.0 Å². The number of nitrogens with two attached hydrogens (primary N) is 1. The lowest BCUT2D eigenvalue weighted by atomic mass is 9.98. The first-order valence-electron chi connectivity index (χ1n) is 5.42. The Kier molecular flexibility index (Phi) is 4.72. The summed E-state index contributed by atoms with van der Waals surface area (Å²) in [6.07, 6.45) is -4.40. The fourth-order valence-electron chi connectivity index (χ4n) is 1.68. The number of alkyl halides is 3. The van der Waals surface area contributed by atoms with E-state index < -0.39 is 24.5 Å². The van der Waals surface area contributed by atoms with Crippen LogP contribution in [0.15, 0.2) is 30.3 Å². The second-order valence-electron chi connectivity index (χ2n) is 4.01. The van der Waals surface area contributed by atoms with Gasteiger partial charge in [0, 0.05) is 13.6 Å². The fraction of sp³-hybridized carbons (Fsp3) is 0.417. The Hall–Kier alpha value is -1.56. The Morgan fingerprint density at radius 1 is 1.33 bits per heavy atom. The quantitative estimate of drug-likeness (QED) is 0.896. The van der Waals surface area contributed by atoms with Crippen LogP contribution in [-0.2, 0) is 4.79 Å². The average molecular weight is 260 g/mol. The highest BCUT2D eigenvalue weighted by atomic mass is 19.4. The van der Waals surface area contributed by atoms with E-state index in [9.17, 15) is 18.0 Å². The van der Waals surface area contributed by atoms with E-state index in [1.165, 1.54) is 0 Å². The molecule has 0 saturated carbocycles. The molecule has 0 heterocycles. The molecule has 0 bridgehead atoms. The van der Waals surface area contributed by atoms with Gasteiger partial charge in [-0.3, -0.25) is 4.79 Å². The third kappa shape index (κ3) is 4.03. The molecule has 0 aromatic heterocycles. The largest absolute Gasteiger partial charge is 0.406 e. The van der Waals surface area contributed by atoms with E-state index in [1.807, 2.05) is 0 Å². The second kappa shape index (κ2) is 5.86. The van der Waals surface area contributed by atoms with Gasteiger partial charge < -0.3 is 10.6 Å². The summed E-state index contributed by atoms with van der Waals surface area (Å²) >= 11 is 0. The van der Waals surface area contributed by atoms with Gasteiger partial charge in [0.1, 0.15) is 6.54 Å². The van der Waals surface area contributed by atoms with Crippen molar-refractivity contribution in [3.8, 4) is 0 Å². The molecule has 6 heteroatoms. The summed E-state index contributed by atoms with van der Waals surface area (Å²) in [5, 5.41) is 0. The number of carbonyl (C=O) groups is 1. The Labute approximate surface area is 103 Å².